The smallest absolute Gasteiger partial charge is 0.353 e. The van der Waals surface area contributed by atoms with E-state index in [0.29, 0.717) is 18.4 Å². The lowest BCUT2D eigenvalue weighted by Crippen LogP contribution is -2.41. The van der Waals surface area contributed by atoms with Crippen molar-refractivity contribution in [3.8, 4) is 0 Å². The standard InChI is InChI=1S/C20H25F3N2O2/c21-20(22,23)15-6-4-5-14(11-15)13-25-17(9-10-19(25)27)12-18(26)24-16-7-2-1-3-8-16/h4-6,11,16-17H,1-3,7-10,12-13H2,(H,24,26). The summed E-state index contributed by atoms with van der Waals surface area (Å²) in [6, 6.07) is 4.98. The summed E-state index contributed by atoms with van der Waals surface area (Å²) < 4.78 is 38.7. The third kappa shape index (κ3) is 5.23. The maximum Gasteiger partial charge on any atom is 0.416 e. The number of halogens is 3. The van der Waals surface area contributed by atoms with Gasteiger partial charge in [0, 0.05) is 31.5 Å². The van der Waals surface area contributed by atoms with Crippen molar-refractivity contribution in [3.05, 3.63) is 35.4 Å². The Morgan fingerprint density at radius 3 is 2.59 bits per heavy atom. The fourth-order valence-electron chi connectivity index (χ4n) is 4.01. The van der Waals surface area contributed by atoms with E-state index in [-0.39, 0.29) is 36.9 Å². The van der Waals surface area contributed by atoms with Gasteiger partial charge in [-0.05, 0) is 37.0 Å². The van der Waals surface area contributed by atoms with Gasteiger partial charge in [-0.15, -0.1) is 0 Å². The number of nitrogens with zero attached hydrogens (tertiary/aromatic N) is 1. The molecule has 0 spiro atoms. The van der Waals surface area contributed by atoms with Crippen molar-refractivity contribution >= 4 is 11.8 Å². The van der Waals surface area contributed by atoms with Crippen LogP contribution in [0.1, 0.15) is 62.5 Å². The summed E-state index contributed by atoms with van der Waals surface area (Å²) in [7, 11) is 0. The first-order valence-electron chi connectivity index (χ1n) is 9.58. The minimum atomic E-state index is -4.41. The number of hydrogen-bond donors (Lipinski definition) is 1. The van der Waals surface area contributed by atoms with E-state index in [0.717, 1.165) is 37.8 Å². The molecule has 0 bridgehead atoms. The van der Waals surface area contributed by atoms with Crippen LogP contribution in [0.25, 0.3) is 0 Å². The van der Waals surface area contributed by atoms with E-state index in [9.17, 15) is 22.8 Å². The Kier molecular flexibility index (Phi) is 6.07. The van der Waals surface area contributed by atoms with Gasteiger partial charge < -0.3 is 10.2 Å². The summed E-state index contributed by atoms with van der Waals surface area (Å²) in [4.78, 5) is 26.1. The molecule has 1 aromatic rings. The van der Waals surface area contributed by atoms with E-state index in [2.05, 4.69) is 5.32 Å². The summed E-state index contributed by atoms with van der Waals surface area (Å²) >= 11 is 0. The van der Waals surface area contributed by atoms with Crippen molar-refractivity contribution in [2.75, 3.05) is 0 Å². The minimum absolute atomic E-state index is 0.0735. The highest BCUT2D eigenvalue weighted by atomic mass is 19.4. The van der Waals surface area contributed by atoms with Crippen LogP contribution in [-0.2, 0) is 22.3 Å². The van der Waals surface area contributed by atoms with E-state index in [4.69, 9.17) is 0 Å². The number of rotatable bonds is 5. The fraction of sp³-hybridized carbons (Fsp3) is 0.600. The molecule has 0 radical (unpaired) electrons. The van der Waals surface area contributed by atoms with Crippen molar-refractivity contribution in [3.63, 3.8) is 0 Å². The molecule has 27 heavy (non-hydrogen) atoms. The number of hydrogen-bond acceptors (Lipinski definition) is 2. The average molecular weight is 382 g/mol. The monoisotopic (exact) mass is 382 g/mol. The van der Waals surface area contributed by atoms with Gasteiger partial charge in [-0.3, -0.25) is 9.59 Å². The third-order valence-corrected chi connectivity index (χ3v) is 5.45. The van der Waals surface area contributed by atoms with Crippen LogP contribution in [0.2, 0.25) is 0 Å². The molecule has 1 heterocycles. The van der Waals surface area contributed by atoms with E-state index in [1.165, 1.54) is 12.5 Å². The number of likely N-dealkylation sites (tertiary alicyclic amines) is 1. The molecule has 2 aliphatic rings. The highest BCUT2D eigenvalue weighted by Gasteiger charge is 2.34. The summed E-state index contributed by atoms with van der Waals surface area (Å²) in [5.74, 6) is -0.182. The van der Waals surface area contributed by atoms with Crippen LogP contribution in [0.4, 0.5) is 13.2 Å². The zero-order chi connectivity index (χ0) is 19.4. The molecule has 2 amide bonds. The van der Waals surface area contributed by atoms with Crippen LogP contribution in [0, 0.1) is 0 Å². The van der Waals surface area contributed by atoms with Crippen LogP contribution in [0.15, 0.2) is 24.3 Å². The zero-order valence-corrected chi connectivity index (χ0v) is 15.2. The Morgan fingerprint density at radius 1 is 1.15 bits per heavy atom. The summed E-state index contributed by atoms with van der Waals surface area (Å²) in [6.07, 6.45) is 2.12. The molecule has 2 fully saturated rings. The van der Waals surface area contributed by atoms with Crippen molar-refractivity contribution in [2.45, 2.75) is 76.2 Å². The molecule has 7 heteroatoms. The largest absolute Gasteiger partial charge is 0.416 e. The van der Waals surface area contributed by atoms with Gasteiger partial charge >= 0.3 is 6.18 Å². The number of nitrogens with one attached hydrogen (secondary N) is 1. The third-order valence-electron chi connectivity index (χ3n) is 5.45. The van der Waals surface area contributed by atoms with Crippen LogP contribution < -0.4 is 5.32 Å². The maximum absolute atomic E-state index is 12.9. The van der Waals surface area contributed by atoms with Gasteiger partial charge in [-0.25, -0.2) is 0 Å². The number of benzene rings is 1. The van der Waals surface area contributed by atoms with Gasteiger partial charge in [0.05, 0.1) is 5.56 Å². The van der Waals surface area contributed by atoms with Crippen molar-refractivity contribution in [1.29, 1.82) is 0 Å². The lowest BCUT2D eigenvalue weighted by atomic mass is 9.95. The number of carbonyl (C=O) groups is 2. The first-order valence-corrected chi connectivity index (χ1v) is 9.58. The minimum Gasteiger partial charge on any atom is -0.353 e. The van der Waals surface area contributed by atoms with Gasteiger partial charge in [0.2, 0.25) is 11.8 Å². The molecule has 4 nitrogen and oxygen atoms in total. The van der Waals surface area contributed by atoms with Gasteiger partial charge in [0.15, 0.2) is 0 Å². The SMILES string of the molecule is O=C(CC1CCC(=O)N1Cc1cccc(C(F)(F)F)c1)NC1CCCCC1. The van der Waals surface area contributed by atoms with Crippen molar-refractivity contribution in [2.24, 2.45) is 0 Å². The van der Waals surface area contributed by atoms with Gasteiger partial charge in [0.25, 0.3) is 0 Å². The van der Waals surface area contributed by atoms with Gasteiger partial charge in [-0.1, -0.05) is 31.4 Å². The van der Waals surface area contributed by atoms with Crippen LogP contribution in [0.3, 0.4) is 0 Å². The number of carbonyl (C=O) groups excluding carboxylic acids is 2. The Morgan fingerprint density at radius 2 is 1.89 bits per heavy atom. The molecule has 3 rings (SSSR count). The molecule has 1 saturated carbocycles. The summed E-state index contributed by atoms with van der Waals surface area (Å²) in [6.45, 7) is 0.101. The zero-order valence-electron chi connectivity index (χ0n) is 15.2. The molecular formula is C20H25F3N2O2. The number of alkyl halides is 3. The van der Waals surface area contributed by atoms with Crippen LogP contribution in [0.5, 0.6) is 0 Å². The number of amides is 2. The summed E-state index contributed by atoms with van der Waals surface area (Å²) in [5.41, 5.74) is -0.295. The predicted octanol–water partition coefficient (Wildman–Crippen LogP) is 4.04. The predicted molar refractivity (Wildman–Crippen MR) is 94.6 cm³/mol. The normalized spacial score (nSPS) is 21.5. The second-order valence-corrected chi connectivity index (χ2v) is 7.52. The topological polar surface area (TPSA) is 49.4 Å². The van der Waals surface area contributed by atoms with Gasteiger partial charge in [0.1, 0.15) is 0 Å². The molecule has 1 aliphatic carbocycles. The Hall–Kier alpha value is -2.05. The molecule has 1 unspecified atom stereocenters. The van der Waals surface area contributed by atoms with E-state index in [1.54, 1.807) is 11.0 Å². The maximum atomic E-state index is 12.9. The van der Waals surface area contributed by atoms with Crippen LogP contribution >= 0.6 is 0 Å². The molecule has 148 valence electrons. The van der Waals surface area contributed by atoms with Crippen LogP contribution in [-0.4, -0.2) is 28.8 Å². The molecule has 1 aliphatic heterocycles. The molecule has 1 N–H and O–H groups in total. The molecule has 1 atom stereocenters. The second-order valence-electron chi connectivity index (χ2n) is 7.52. The second kappa shape index (κ2) is 8.31. The fourth-order valence-corrected chi connectivity index (χ4v) is 4.01. The van der Waals surface area contributed by atoms with Crippen molar-refractivity contribution < 1.29 is 22.8 Å². The Labute approximate surface area is 157 Å². The first kappa shape index (κ1) is 19.7. The average Bonchev–Trinajstić information content (AvgIpc) is 2.95. The Bertz CT molecular complexity index is 684. The highest BCUT2D eigenvalue weighted by Crippen LogP contribution is 2.31. The van der Waals surface area contributed by atoms with Gasteiger partial charge in [-0.2, -0.15) is 13.2 Å². The van der Waals surface area contributed by atoms with E-state index >= 15 is 0 Å². The molecular weight excluding hydrogens is 357 g/mol. The Balaban J connectivity index is 1.61. The summed E-state index contributed by atoms with van der Waals surface area (Å²) in [5, 5.41) is 3.05. The van der Waals surface area contributed by atoms with Crippen molar-refractivity contribution in [1.82, 2.24) is 10.2 Å². The van der Waals surface area contributed by atoms with E-state index < -0.39 is 11.7 Å². The molecule has 0 aromatic heterocycles. The van der Waals surface area contributed by atoms with E-state index in [1.807, 2.05) is 0 Å². The lowest BCUT2D eigenvalue weighted by Gasteiger charge is -2.27. The first-order chi connectivity index (χ1) is 12.8. The molecule has 1 saturated heterocycles. The quantitative estimate of drug-likeness (QED) is 0.836. The highest BCUT2D eigenvalue weighted by molar-refractivity contribution is 5.82. The lowest BCUT2D eigenvalue weighted by molar-refractivity contribution is -0.137. The molecule has 1 aromatic carbocycles.